The largest absolute Gasteiger partial charge is 0.379 e. The van der Waals surface area contributed by atoms with Gasteiger partial charge in [-0.2, -0.15) is 5.10 Å². The number of aromatic nitrogens is 2. The molecule has 0 aliphatic carbocycles. The average molecular weight is 266 g/mol. The van der Waals surface area contributed by atoms with Gasteiger partial charge in [0.25, 0.3) is 5.91 Å². The van der Waals surface area contributed by atoms with Gasteiger partial charge in [0.05, 0.1) is 13.2 Å². The lowest BCUT2D eigenvalue weighted by molar-refractivity contribution is 0.0383. The fourth-order valence-electron chi connectivity index (χ4n) is 2.08. The number of carbonyl (C=O) groups is 1. The number of rotatable bonds is 6. The summed E-state index contributed by atoms with van der Waals surface area (Å²) in [5.74, 6) is -0.0943. The van der Waals surface area contributed by atoms with E-state index in [1.165, 1.54) is 0 Å². The van der Waals surface area contributed by atoms with E-state index in [1.807, 2.05) is 6.20 Å². The van der Waals surface area contributed by atoms with E-state index >= 15 is 0 Å². The Labute approximate surface area is 113 Å². The van der Waals surface area contributed by atoms with Crippen molar-refractivity contribution in [3.8, 4) is 0 Å². The normalized spacial score (nSPS) is 16.5. The van der Waals surface area contributed by atoms with Gasteiger partial charge in [0, 0.05) is 38.9 Å². The van der Waals surface area contributed by atoms with Gasteiger partial charge in [-0.15, -0.1) is 0 Å². The number of carbonyl (C=O) groups excluding carboxylic acids is 1. The van der Waals surface area contributed by atoms with Crippen molar-refractivity contribution in [1.82, 2.24) is 20.0 Å². The number of ether oxygens (including phenoxy) is 1. The molecular formula is C13H22N4O2. The Morgan fingerprint density at radius 1 is 1.42 bits per heavy atom. The van der Waals surface area contributed by atoms with E-state index in [9.17, 15) is 4.79 Å². The molecule has 0 saturated carbocycles. The summed E-state index contributed by atoms with van der Waals surface area (Å²) in [6.45, 7) is 7.92. The monoisotopic (exact) mass is 266 g/mol. The molecule has 1 aromatic heterocycles. The molecule has 1 amide bonds. The Morgan fingerprint density at radius 3 is 2.95 bits per heavy atom. The molecule has 0 radical (unpaired) electrons. The van der Waals surface area contributed by atoms with Crippen molar-refractivity contribution in [2.24, 2.45) is 0 Å². The Balaban J connectivity index is 1.70. The van der Waals surface area contributed by atoms with Gasteiger partial charge in [-0.3, -0.25) is 14.4 Å². The number of hydrogen-bond acceptors (Lipinski definition) is 4. The van der Waals surface area contributed by atoms with Crippen molar-refractivity contribution in [1.29, 1.82) is 0 Å². The summed E-state index contributed by atoms with van der Waals surface area (Å²) in [5, 5.41) is 7.14. The Bertz CT molecular complexity index is 399. The second-order valence-corrected chi connectivity index (χ2v) is 4.67. The van der Waals surface area contributed by atoms with Crippen molar-refractivity contribution >= 4 is 5.91 Å². The van der Waals surface area contributed by atoms with Crippen LogP contribution in [0.3, 0.4) is 0 Å². The molecule has 0 spiro atoms. The maximum atomic E-state index is 11.9. The molecule has 0 atom stereocenters. The molecule has 1 aromatic rings. The fourth-order valence-corrected chi connectivity index (χ4v) is 2.08. The topological polar surface area (TPSA) is 59.4 Å². The zero-order chi connectivity index (χ0) is 13.5. The fraction of sp³-hybridized carbons (Fsp3) is 0.692. The highest BCUT2D eigenvalue weighted by Crippen LogP contribution is 1.98. The second kappa shape index (κ2) is 7.25. The molecule has 1 N–H and O–H groups in total. The number of nitrogens with zero attached hydrogens (tertiary/aromatic N) is 3. The summed E-state index contributed by atoms with van der Waals surface area (Å²) in [6.07, 6.45) is 2.86. The predicted molar refractivity (Wildman–Crippen MR) is 72.1 cm³/mol. The minimum atomic E-state index is -0.0943. The van der Waals surface area contributed by atoms with Crippen molar-refractivity contribution in [2.75, 3.05) is 39.4 Å². The van der Waals surface area contributed by atoms with E-state index < -0.39 is 0 Å². The van der Waals surface area contributed by atoms with Gasteiger partial charge in [-0.25, -0.2) is 0 Å². The van der Waals surface area contributed by atoms with Gasteiger partial charge >= 0.3 is 0 Å². The van der Waals surface area contributed by atoms with Gasteiger partial charge in [0.15, 0.2) is 0 Å². The van der Waals surface area contributed by atoms with Crippen LogP contribution < -0.4 is 5.32 Å². The van der Waals surface area contributed by atoms with Crippen molar-refractivity contribution < 1.29 is 9.53 Å². The molecule has 0 bridgehead atoms. The zero-order valence-corrected chi connectivity index (χ0v) is 11.5. The van der Waals surface area contributed by atoms with Gasteiger partial charge in [-0.1, -0.05) is 6.92 Å². The molecule has 2 heterocycles. The molecule has 1 aliphatic rings. The molecule has 6 heteroatoms. The van der Waals surface area contributed by atoms with Crippen molar-refractivity contribution in [3.05, 3.63) is 18.0 Å². The smallest absolute Gasteiger partial charge is 0.271 e. The Hall–Kier alpha value is -1.40. The van der Waals surface area contributed by atoms with Gasteiger partial charge in [0.1, 0.15) is 5.69 Å². The van der Waals surface area contributed by atoms with E-state index in [4.69, 9.17) is 4.74 Å². The average Bonchev–Trinajstić information content (AvgIpc) is 2.89. The second-order valence-electron chi connectivity index (χ2n) is 4.67. The number of aryl methyl sites for hydroxylation is 1. The number of hydrogen-bond donors (Lipinski definition) is 1. The van der Waals surface area contributed by atoms with E-state index in [1.54, 1.807) is 10.7 Å². The number of morpholine rings is 1. The molecular weight excluding hydrogens is 244 g/mol. The van der Waals surface area contributed by atoms with Crippen LogP contribution in [0.25, 0.3) is 0 Å². The van der Waals surface area contributed by atoms with Gasteiger partial charge in [-0.05, 0) is 12.5 Å². The van der Waals surface area contributed by atoms with E-state index in [2.05, 4.69) is 22.2 Å². The van der Waals surface area contributed by atoms with Crippen LogP contribution in [0.15, 0.2) is 12.3 Å². The van der Waals surface area contributed by atoms with Crippen LogP contribution in [-0.2, 0) is 11.3 Å². The summed E-state index contributed by atoms with van der Waals surface area (Å²) in [6, 6.07) is 1.76. The SMILES string of the molecule is CCCn1ccc(C(=O)NCCN2CCOCC2)n1. The molecule has 0 aromatic carbocycles. The first-order valence-electron chi connectivity index (χ1n) is 6.91. The van der Waals surface area contributed by atoms with Crippen molar-refractivity contribution in [3.63, 3.8) is 0 Å². The zero-order valence-electron chi connectivity index (χ0n) is 11.5. The lowest BCUT2D eigenvalue weighted by atomic mass is 10.4. The van der Waals surface area contributed by atoms with Crippen LogP contribution in [0.1, 0.15) is 23.8 Å². The molecule has 19 heavy (non-hydrogen) atoms. The first-order valence-corrected chi connectivity index (χ1v) is 6.91. The molecule has 1 saturated heterocycles. The predicted octanol–water partition coefficient (Wildman–Crippen LogP) is 0.355. The van der Waals surface area contributed by atoms with Crippen LogP contribution in [0.2, 0.25) is 0 Å². The van der Waals surface area contributed by atoms with Crippen LogP contribution in [-0.4, -0.2) is 60.0 Å². The van der Waals surface area contributed by atoms with Crippen molar-refractivity contribution in [2.45, 2.75) is 19.9 Å². The quantitative estimate of drug-likeness (QED) is 0.807. The van der Waals surface area contributed by atoms with E-state index in [-0.39, 0.29) is 5.91 Å². The molecule has 6 nitrogen and oxygen atoms in total. The minimum Gasteiger partial charge on any atom is -0.379 e. The molecule has 2 rings (SSSR count). The maximum Gasteiger partial charge on any atom is 0.271 e. The summed E-state index contributed by atoms with van der Waals surface area (Å²) < 4.78 is 7.08. The standard InChI is InChI=1S/C13H22N4O2/c1-2-5-17-6-3-12(15-17)13(18)14-4-7-16-8-10-19-11-9-16/h3,6H,2,4-5,7-11H2,1H3,(H,14,18). The summed E-state index contributed by atoms with van der Waals surface area (Å²) >= 11 is 0. The third kappa shape index (κ3) is 4.33. The third-order valence-corrected chi connectivity index (χ3v) is 3.14. The Morgan fingerprint density at radius 2 is 2.21 bits per heavy atom. The molecule has 1 aliphatic heterocycles. The van der Waals surface area contributed by atoms with Crippen LogP contribution in [0, 0.1) is 0 Å². The van der Waals surface area contributed by atoms with E-state index in [0.717, 1.165) is 45.8 Å². The maximum absolute atomic E-state index is 11.9. The Kier molecular flexibility index (Phi) is 5.35. The lowest BCUT2D eigenvalue weighted by Gasteiger charge is -2.26. The first kappa shape index (κ1) is 14.0. The molecule has 0 unspecified atom stereocenters. The highest BCUT2D eigenvalue weighted by Gasteiger charge is 2.12. The summed E-state index contributed by atoms with van der Waals surface area (Å²) in [4.78, 5) is 14.2. The van der Waals surface area contributed by atoms with Crippen LogP contribution in [0.5, 0.6) is 0 Å². The van der Waals surface area contributed by atoms with Gasteiger partial charge < -0.3 is 10.1 Å². The number of amides is 1. The minimum absolute atomic E-state index is 0.0943. The first-order chi connectivity index (χ1) is 9.29. The number of nitrogens with one attached hydrogen (secondary N) is 1. The molecule has 106 valence electrons. The van der Waals surface area contributed by atoms with Crippen LogP contribution in [0.4, 0.5) is 0 Å². The van der Waals surface area contributed by atoms with Gasteiger partial charge in [0.2, 0.25) is 0 Å². The summed E-state index contributed by atoms with van der Waals surface area (Å²) in [5.41, 5.74) is 0.496. The highest BCUT2D eigenvalue weighted by atomic mass is 16.5. The summed E-state index contributed by atoms with van der Waals surface area (Å²) in [7, 11) is 0. The lowest BCUT2D eigenvalue weighted by Crippen LogP contribution is -2.41. The highest BCUT2D eigenvalue weighted by molar-refractivity contribution is 5.92. The van der Waals surface area contributed by atoms with E-state index in [0.29, 0.717) is 12.2 Å². The molecule has 1 fully saturated rings. The van der Waals surface area contributed by atoms with Crippen LogP contribution >= 0.6 is 0 Å². The third-order valence-electron chi connectivity index (χ3n) is 3.14.